The minimum absolute atomic E-state index is 0.920. The molecule has 2 nitrogen and oxygen atoms in total. The van der Waals surface area contributed by atoms with Crippen molar-refractivity contribution in [1.29, 1.82) is 0 Å². The molecule has 0 aromatic rings. The molecule has 0 aromatic carbocycles. The van der Waals surface area contributed by atoms with Gasteiger partial charge >= 0.3 is 18.3 Å². The lowest BCUT2D eigenvalue weighted by molar-refractivity contribution is -0.574. The number of halogens is 7. The van der Waals surface area contributed by atoms with Gasteiger partial charge in [-0.05, 0) is 0 Å². The van der Waals surface area contributed by atoms with Crippen LogP contribution < -0.4 is 0 Å². The summed E-state index contributed by atoms with van der Waals surface area (Å²) in [5, 5.41) is 0. The van der Waals surface area contributed by atoms with Gasteiger partial charge in [-0.25, -0.2) is 9.13 Å². The summed E-state index contributed by atoms with van der Waals surface area (Å²) in [6.45, 7) is 2.76. The van der Waals surface area contributed by atoms with Crippen molar-refractivity contribution in [3.63, 3.8) is 0 Å². The van der Waals surface area contributed by atoms with Gasteiger partial charge in [-0.15, -0.1) is 0 Å². The lowest BCUT2D eigenvalue weighted by Gasteiger charge is -2.47. The second kappa shape index (κ2) is 3.35. The topological polar surface area (TPSA) is 18.5 Å². The molecular weight excluding hydrogens is 277 g/mol. The molecule has 0 radical (unpaired) electrons. The monoisotopic (exact) mass is 286 g/mol. The second-order valence-electron chi connectivity index (χ2n) is 4.60. The Balaban J connectivity index is 3.28. The van der Waals surface area contributed by atoms with Crippen LogP contribution in [0.15, 0.2) is 0 Å². The smallest absolute Gasteiger partial charge is 0.271 e. The number of rotatable bonds is 1. The van der Waals surface area contributed by atoms with E-state index in [0.29, 0.717) is 0 Å². The van der Waals surface area contributed by atoms with E-state index in [-0.39, 0.29) is 0 Å². The van der Waals surface area contributed by atoms with Crippen molar-refractivity contribution in [3.05, 3.63) is 0 Å². The van der Waals surface area contributed by atoms with Gasteiger partial charge in [0.25, 0.3) is 5.48 Å². The SMILES string of the molecule is C[Si](C)(C)C1(F)OC(F)(F)C(F)(F)OC1(F)F. The van der Waals surface area contributed by atoms with Crippen LogP contribution in [0.4, 0.5) is 30.7 Å². The van der Waals surface area contributed by atoms with Crippen LogP contribution in [0.1, 0.15) is 0 Å². The zero-order chi connectivity index (χ0) is 13.9. The Morgan fingerprint density at radius 1 is 0.647 bits per heavy atom. The molecule has 0 saturated carbocycles. The first-order chi connectivity index (χ1) is 7.16. The molecule has 1 unspecified atom stereocenters. The first kappa shape index (κ1) is 14.7. The molecule has 1 aliphatic rings. The molecule has 1 heterocycles. The van der Waals surface area contributed by atoms with Crippen LogP contribution in [0, 0.1) is 0 Å². The van der Waals surface area contributed by atoms with E-state index in [1.165, 1.54) is 0 Å². The summed E-state index contributed by atoms with van der Waals surface area (Å²) in [6, 6.07) is 0. The van der Waals surface area contributed by atoms with E-state index in [9.17, 15) is 30.7 Å². The van der Waals surface area contributed by atoms with Crippen LogP contribution >= 0.6 is 0 Å². The molecule has 0 bridgehead atoms. The van der Waals surface area contributed by atoms with Crippen molar-refractivity contribution in [2.75, 3.05) is 0 Å². The van der Waals surface area contributed by atoms with Gasteiger partial charge in [0.05, 0.1) is 0 Å². The van der Waals surface area contributed by atoms with Crippen molar-refractivity contribution >= 4 is 8.07 Å². The van der Waals surface area contributed by atoms with Gasteiger partial charge in [0, 0.05) is 0 Å². The van der Waals surface area contributed by atoms with Gasteiger partial charge in [0.2, 0.25) is 0 Å². The molecule has 0 aliphatic carbocycles. The molecule has 0 aromatic heterocycles. The Bertz CT molecular complexity index is 327. The Hall–Kier alpha value is -0.353. The molecule has 1 saturated heterocycles. The number of ether oxygens (including phenoxy) is 2. The number of hydrogen-bond acceptors (Lipinski definition) is 2. The van der Waals surface area contributed by atoms with Gasteiger partial charge in [0.1, 0.15) is 8.07 Å². The molecule has 0 N–H and O–H groups in total. The van der Waals surface area contributed by atoms with Crippen molar-refractivity contribution in [3.8, 4) is 0 Å². The summed E-state index contributed by atoms with van der Waals surface area (Å²) in [5.74, 6) is 0. The quantitative estimate of drug-likeness (QED) is 0.543. The molecule has 1 atom stereocenters. The van der Waals surface area contributed by atoms with E-state index < -0.39 is 31.9 Å². The van der Waals surface area contributed by atoms with Crippen LogP contribution in [0.3, 0.4) is 0 Å². The summed E-state index contributed by atoms with van der Waals surface area (Å²) >= 11 is 0. The highest BCUT2D eigenvalue weighted by Crippen LogP contribution is 2.55. The number of alkyl halides is 7. The van der Waals surface area contributed by atoms with Crippen molar-refractivity contribution < 1.29 is 40.2 Å². The minimum atomic E-state index is -5.59. The third-order valence-corrected chi connectivity index (χ3v) is 4.53. The fourth-order valence-corrected chi connectivity index (χ4v) is 2.53. The van der Waals surface area contributed by atoms with E-state index in [0.717, 1.165) is 19.6 Å². The molecular formula is C7H9F7O2Si. The second-order valence-corrected chi connectivity index (χ2v) is 9.74. The molecule has 0 spiro atoms. The fraction of sp³-hybridized carbons (Fsp3) is 1.00. The molecule has 17 heavy (non-hydrogen) atoms. The maximum Gasteiger partial charge on any atom is 0.453 e. The van der Waals surface area contributed by atoms with Crippen LogP contribution in [-0.4, -0.2) is 31.9 Å². The summed E-state index contributed by atoms with van der Waals surface area (Å²) < 4.78 is 96.1. The Morgan fingerprint density at radius 2 is 1.00 bits per heavy atom. The van der Waals surface area contributed by atoms with Crippen LogP contribution in [0.25, 0.3) is 0 Å². The molecule has 1 fully saturated rings. The Labute approximate surface area is 92.7 Å². The van der Waals surface area contributed by atoms with E-state index in [2.05, 4.69) is 9.47 Å². The maximum atomic E-state index is 13.8. The number of hydrogen-bond donors (Lipinski definition) is 0. The maximum absolute atomic E-state index is 13.8. The fourth-order valence-electron chi connectivity index (χ4n) is 1.17. The third-order valence-electron chi connectivity index (χ3n) is 2.20. The van der Waals surface area contributed by atoms with E-state index in [1.54, 1.807) is 0 Å². The Morgan fingerprint density at radius 3 is 1.35 bits per heavy atom. The largest absolute Gasteiger partial charge is 0.453 e. The van der Waals surface area contributed by atoms with Crippen molar-refractivity contribution in [2.45, 2.75) is 43.4 Å². The molecule has 102 valence electrons. The highest BCUT2D eigenvalue weighted by atomic mass is 28.3. The Kier molecular flexibility index (Phi) is 2.90. The van der Waals surface area contributed by atoms with Gasteiger partial charge in [-0.2, -0.15) is 26.3 Å². The first-order valence-corrected chi connectivity index (χ1v) is 7.89. The normalized spacial score (nSPS) is 35.6. The van der Waals surface area contributed by atoms with Crippen molar-refractivity contribution in [2.24, 2.45) is 0 Å². The zero-order valence-electron chi connectivity index (χ0n) is 8.96. The van der Waals surface area contributed by atoms with Gasteiger partial charge < -0.3 is 0 Å². The predicted molar refractivity (Wildman–Crippen MR) is 44.2 cm³/mol. The summed E-state index contributed by atoms with van der Waals surface area (Å²) in [4.78, 5) is 0. The average Bonchev–Trinajstić information content (AvgIpc) is 1.95. The average molecular weight is 286 g/mol. The minimum Gasteiger partial charge on any atom is -0.271 e. The highest BCUT2D eigenvalue weighted by molar-refractivity contribution is 6.78. The van der Waals surface area contributed by atoms with Gasteiger partial charge in [-0.1, -0.05) is 19.6 Å². The van der Waals surface area contributed by atoms with Crippen LogP contribution in [0.5, 0.6) is 0 Å². The summed E-state index contributed by atoms with van der Waals surface area (Å²) in [7, 11) is -3.74. The van der Waals surface area contributed by atoms with Crippen LogP contribution in [-0.2, 0) is 9.47 Å². The lowest BCUT2D eigenvalue weighted by atomic mass is 10.4. The molecule has 1 aliphatic heterocycles. The van der Waals surface area contributed by atoms with E-state index >= 15 is 0 Å². The predicted octanol–water partition coefficient (Wildman–Crippen LogP) is 3.35. The first-order valence-electron chi connectivity index (χ1n) is 4.39. The van der Waals surface area contributed by atoms with Crippen LogP contribution in [0.2, 0.25) is 19.6 Å². The van der Waals surface area contributed by atoms with Crippen molar-refractivity contribution in [1.82, 2.24) is 0 Å². The van der Waals surface area contributed by atoms with E-state index in [4.69, 9.17) is 0 Å². The lowest BCUT2D eigenvalue weighted by Crippen LogP contribution is -2.73. The molecule has 1 rings (SSSR count). The highest BCUT2D eigenvalue weighted by Gasteiger charge is 2.81. The van der Waals surface area contributed by atoms with E-state index in [1.807, 2.05) is 0 Å². The standard InChI is InChI=1S/C7H9F7O2Si/c1-17(2,3)7(14)6(12,13)15-4(8,9)5(10,11)16-7/h1-3H3. The molecule has 10 heteroatoms. The summed E-state index contributed by atoms with van der Waals surface area (Å²) in [6.07, 6.45) is -16.2. The third kappa shape index (κ3) is 1.95. The summed E-state index contributed by atoms with van der Waals surface area (Å²) in [5.41, 5.74) is -4.24. The van der Waals surface area contributed by atoms with Gasteiger partial charge in [0.15, 0.2) is 0 Å². The molecule has 0 amide bonds. The zero-order valence-corrected chi connectivity index (χ0v) is 9.96. The van der Waals surface area contributed by atoms with Gasteiger partial charge in [-0.3, -0.25) is 4.74 Å².